The summed E-state index contributed by atoms with van der Waals surface area (Å²) in [7, 11) is 0. The summed E-state index contributed by atoms with van der Waals surface area (Å²) < 4.78 is 0. The Morgan fingerprint density at radius 1 is 0.889 bits per heavy atom. The number of rotatable bonds is 4. The molecular formula is C22H24N2O3. The Labute approximate surface area is 159 Å². The zero-order valence-corrected chi connectivity index (χ0v) is 15.7. The molecule has 0 radical (unpaired) electrons. The molecule has 0 aromatic heterocycles. The third kappa shape index (κ3) is 4.42. The molecule has 2 aromatic carbocycles. The highest BCUT2D eigenvalue weighted by Gasteiger charge is 2.24. The van der Waals surface area contributed by atoms with Crippen LogP contribution < -0.4 is 5.32 Å². The van der Waals surface area contributed by atoms with Gasteiger partial charge < -0.3 is 10.2 Å². The summed E-state index contributed by atoms with van der Waals surface area (Å²) in [6.07, 6.45) is 3.26. The van der Waals surface area contributed by atoms with Crippen LogP contribution in [0.3, 0.4) is 0 Å². The summed E-state index contributed by atoms with van der Waals surface area (Å²) in [5.74, 6) is -0.251. The van der Waals surface area contributed by atoms with E-state index in [2.05, 4.69) is 12.2 Å². The van der Waals surface area contributed by atoms with Gasteiger partial charge >= 0.3 is 0 Å². The van der Waals surface area contributed by atoms with Crippen molar-refractivity contribution in [2.24, 2.45) is 0 Å². The maximum Gasteiger partial charge on any atom is 0.255 e. The molecule has 3 rings (SSSR count). The Morgan fingerprint density at radius 2 is 1.48 bits per heavy atom. The molecule has 5 heteroatoms. The van der Waals surface area contributed by atoms with Gasteiger partial charge in [-0.1, -0.05) is 12.1 Å². The second-order valence-electron chi connectivity index (χ2n) is 7.01. The number of likely N-dealkylation sites (tertiary alicyclic amines) is 1. The third-order valence-electron chi connectivity index (χ3n) is 5.01. The molecule has 0 spiro atoms. The lowest BCUT2D eigenvalue weighted by atomic mass is 10.0. The number of benzene rings is 2. The quantitative estimate of drug-likeness (QED) is 0.829. The molecule has 2 aromatic rings. The zero-order chi connectivity index (χ0) is 19.4. The fourth-order valence-corrected chi connectivity index (χ4v) is 3.32. The van der Waals surface area contributed by atoms with E-state index in [1.807, 2.05) is 4.90 Å². The molecule has 0 aliphatic carbocycles. The van der Waals surface area contributed by atoms with Gasteiger partial charge in [0.25, 0.3) is 11.8 Å². The van der Waals surface area contributed by atoms with Gasteiger partial charge in [-0.2, -0.15) is 0 Å². The number of carbonyl (C=O) groups excluding carboxylic acids is 3. The Balaban J connectivity index is 1.65. The number of amides is 2. The highest BCUT2D eigenvalue weighted by Crippen LogP contribution is 2.20. The van der Waals surface area contributed by atoms with Gasteiger partial charge in [0, 0.05) is 35.0 Å². The molecule has 0 bridgehead atoms. The van der Waals surface area contributed by atoms with Crippen molar-refractivity contribution in [1.29, 1.82) is 0 Å². The topological polar surface area (TPSA) is 66.5 Å². The van der Waals surface area contributed by atoms with E-state index in [4.69, 9.17) is 0 Å². The molecule has 1 unspecified atom stereocenters. The van der Waals surface area contributed by atoms with Crippen molar-refractivity contribution in [1.82, 2.24) is 4.90 Å². The summed E-state index contributed by atoms with van der Waals surface area (Å²) in [6, 6.07) is 13.8. The van der Waals surface area contributed by atoms with Crippen molar-refractivity contribution in [3.05, 3.63) is 65.2 Å². The number of hydrogen-bond donors (Lipinski definition) is 1. The number of nitrogens with zero attached hydrogens (tertiary/aromatic N) is 1. The van der Waals surface area contributed by atoms with Gasteiger partial charge in [0.05, 0.1) is 0 Å². The molecule has 2 amide bonds. The standard InChI is InChI=1S/C22H24N2O3/c1-15-5-3-4-14-24(15)22(27)19-10-12-20(13-11-19)23-21(26)18-8-6-17(7-9-18)16(2)25/h6-13,15H,3-5,14H2,1-2H3,(H,23,26). The van der Waals surface area contributed by atoms with Crippen molar-refractivity contribution in [3.8, 4) is 0 Å². The first-order chi connectivity index (χ1) is 13.0. The highest BCUT2D eigenvalue weighted by molar-refractivity contribution is 6.05. The number of ketones is 1. The van der Waals surface area contributed by atoms with Crippen molar-refractivity contribution in [2.75, 3.05) is 11.9 Å². The molecule has 1 atom stereocenters. The van der Waals surface area contributed by atoms with Crippen molar-refractivity contribution < 1.29 is 14.4 Å². The van der Waals surface area contributed by atoms with Crippen LogP contribution in [0.2, 0.25) is 0 Å². The largest absolute Gasteiger partial charge is 0.336 e. The van der Waals surface area contributed by atoms with Crippen molar-refractivity contribution in [3.63, 3.8) is 0 Å². The highest BCUT2D eigenvalue weighted by atomic mass is 16.2. The average Bonchev–Trinajstić information content (AvgIpc) is 2.68. The molecule has 27 heavy (non-hydrogen) atoms. The maximum absolute atomic E-state index is 12.7. The Kier molecular flexibility index (Phi) is 5.69. The molecule has 1 heterocycles. The first-order valence-electron chi connectivity index (χ1n) is 9.29. The van der Waals surface area contributed by atoms with Gasteiger partial charge in [-0.25, -0.2) is 0 Å². The Hall–Kier alpha value is -2.95. The summed E-state index contributed by atoms with van der Waals surface area (Å²) in [5, 5.41) is 2.81. The monoisotopic (exact) mass is 364 g/mol. The zero-order valence-electron chi connectivity index (χ0n) is 15.7. The van der Waals surface area contributed by atoms with E-state index in [9.17, 15) is 14.4 Å². The van der Waals surface area contributed by atoms with Gasteiger partial charge in [0.15, 0.2) is 5.78 Å². The molecule has 1 saturated heterocycles. The summed E-state index contributed by atoms with van der Waals surface area (Å²) in [6.45, 7) is 4.38. The van der Waals surface area contributed by atoms with Crippen LogP contribution in [0.1, 0.15) is 64.2 Å². The number of Topliss-reactive ketones (excluding diaryl/α,β-unsaturated/α-hetero) is 1. The smallest absolute Gasteiger partial charge is 0.255 e. The lowest BCUT2D eigenvalue weighted by molar-refractivity contribution is 0.0635. The second-order valence-corrected chi connectivity index (χ2v) is 7.01. The van der Waals surface area contributed by atoms with Gasteiger partial charge in [-0.15, -0.1) is 0 Å². The van der Waals surface area contributed by atoms with Gasteiger partial charge in [-0.05, 0) is 69.5 Å². The SMILES string of the molecule is CC(=O)c1ccc(C(=O)Nc2ccc(C(=O)N3CCCCC3C)cc2)cc1. The van der Waals surface area contributed by atoms with Crippen LogP contribution in [-0.2, 0) is 0 Å². The molecule has 1 fully saturated rings. The molecule has 1 aliphatic rings. The van der Waals surface area contributed by atoms with Crippen LogP contribution in [0.5, 0.6) is 0 Å². The average molecular weight is 364 g/mol. The van der Waals surface area contributed by atoms with Crippen LogP contribution in [-0.4, -0.2) is 35.1 Å². The predicted molar refractivity (Wildman–Crippen MR) is 105 cm³/mol. The predicted octanol–water partition coefficient (Wildman–Crippen LogP) is 4.16. The van der Waals surface area contributed by atoms with Crippen LogP contribution in [0.4, 0.5) is 5.69 Å². The van der Waals surface area contributed by atoms with Crippen LogP contribution in [0.15, 0.2) is 48.5 Å². The molecule has 1 N–H and O–H groups in total. The maximum atomic E-state index is 12.7. The summed E-state index contributed by atoms with van der Waals surface area (Å²) >= 11 is 0. The molecule has 140 valence electrons. The van der Waals surface area contributed by atoms with E-state index in [-0.39, 0.29) is 23.6 Å². The minimum atomic E-state index is -0.256. The molecule has 0 saturated carbocycles. The lowest BCUT2D eigenvalue weighted by Crippen LogP contribution is -2.42. The number of piperidine rings is 1. The van der Waals surface area contributed by atoms with Gasteiger partial charge in [0.1, 0.15) is 0 Å². The van der Waals surface area contributed by atoms with Crippen LogP contribution in [0, 0.1) is 0 Å². The van der Waals surface area contributed by atoms with Crippen molar-refractivity contribution >= 4 is 23.3 Å². The van der Waals surface area contributed by atoms with E-state index in [0.717, 1.165) is 19.4 Å². The summed E-state index contributed by atoms with van der Waals surface area (Å²) in [4.78, 5) is 38.2. The second kappa shape index (κ2) is 8.16. The number of hydrogen-bond acceptors (Lipinski definition) is 3. The third-order valence-corrected chi connectivity index (χ3v) is 5.01. The minimum Gasteiger partial charge on any atom is -0.336 e. The number of nitrogens with one attached hydrogen (secondary N) is 1. The van der Waals surface area contributed by atoms with E-state index in [1.165, 1.54) is 13.3 Å². The Morgan fingerprint density at radius 3 is 2.07 bits per heavy atom. The van der Waals surface area contributed by atoms with E-state index < -0.39 is 0 Å². The first kappa shape index (κ1) is 18.8. The fraction of sp³-hybridized carbons (Fsp3) is 0.318. The first-order valence-corrected chi connectivity index (χ1v) is 9.29. The van der Waals surface area contributed by atoms with E-state index >= 15 is 0 Å². The van der Waals surface area contributed by atoms with E-state index in [0.29, 0.717) is 22.4 Å². The summed E-state index contributed by atoms with van der Waals surface area (Å²) in [5.41, 5.74) is 2.30. The molecule has 5 nitrogen and oxygen atoms in total. The Bertz CT molecular complexity index is 841. The van der Waals surface area contributed by atoms with Crippen LogP contribution >= 0.6 is 0 Å². The van der Waals surface area contributed by atoms with Crippen molar-refractivity contribution in [2.45, 2.75) is 39.2 Å². The van der Waals surface area contributed by atoms with Gasteiger partial charge in [-0.3, -0.25) is 14.4 Å². The van der Waals surface area contributed by atoms with Crippen LogP contribution in [0.25, 0.3) is 0 Å². The van der Waals surface area contributed by atoms with Gasteiger partial charge in [0.2, 0.25) is 0 Å². The minimum absolute atomic E-state index is 0.0368. The number of anilines is 1. The molecule has 1 aliphatic heterocycles. The van der Waals surface area contributed by atoms with E-state index in [1.54, 1.807) is 48.5 Å². The molecular weight excluding hydrogens is 340 g/mol. The fourth-order valence-electron chi connectivity index (χ4n) is 3.32. The lowest BCUT2D eigenvalue weighted by Gasteiger charge is -2.33. The number of carbonyl (C=O) groups is 3. The normalized spacial score (nSPS) is 16.7.